The summed E-state index contributed by atoms with van der Waals surface area (Å²) in [6, 6.07) is 16.9. The molecule has 0 saturated carbocycles. The molecule has 29 heavy (non-hydrogen) atoms. The van der Waals surface area contributed by atoms with Crippen LogP contribution in [-0.2, 0) is 0 Å². The summed E-state index contributed by atoms with van der Waals surface area (Å²) in [5, 5.41) is 1.17. The Kier molecular flexibility index (Phi) is 4.74. The van der Waals surface area contributed by atoms with Crippen molar-refractivity contribution in [3.63, 3.8) is 0 Å². The monoisotopic (exact) mass is 383 g/mol. The third-order valence-electron chi connectivity index (χ3n) is 5.66. The number of aryl methyl sites for hydroxylation is 1. The number of H-pyrrole nitrogens is 1. The highest BCUT2D eigenvalue weighted by atomic mass is 15.3. The zero-order valence-corrected chi connectivity index (χ0v) is 16.7. The Labute approximate surface area is 170 Å². The van der Waals surface area contributed by atoms with Crippen LogP contribution in [0.15, 0.2) is 60.9 Å². The number of hydrogen-bond donors (Lipinski definition) is 1. The normalized spacial score (nSPS) is 15.7. The molecule has 4 aromatic rings. The minimum absolute atomic E-state index is 0.972. The molecule has 2 aromatic heterocycles. The van der Waals surface area contributed by atoms with Crippen LogP contribution >= 0.6 is 0 Å². The van der Waals surface area contributed by atoms with E-state index in [4.69, 9.17) is 0 Å². The van der Waals surface area contributed by atoms with E-state index in [9.17, 15) is 0 Å². The van der Waals surface area contributed by atoms with Gasteiger partial charge in [0.25, 0.3) is 0 Å². The van der Waals surface area contributed by atoms with Crippen LogP contribution in [0, 0.1) is 6.92 Å². The van der Waals surface area contributed by atoms with Gasteiger partial charge in [0.1, 0.15) is 17.4 Å². The maximum absolute atomic E-state index is 4.63. The Balaban J connectivity index is 1.30. The molecule has 1 aliphatic rings. The van der Waals surface area contributed by atoms with Gasteiger partial charge >= 0.3 is 0 Å². The van der Waals surface area contributed by atoms with Crippen molar-refractivity contribution in [3.8, 4) is 0 Å². The molecule has 5 rings (SSSR count). The number of piperazine rings is 1. The summed E-state index contributed by atoms with van der Waals surface area (Å²) >= 11 is 0. The van der Waals surface area contributed by atoms with Crippen molar-refractivity contribution >= 4 is 33.8 Å². The molecule has 3 heterocycles. The molecule has 1 aliphatic heterocycles. The van der Waals surface area contributed by atoms with Crippen molar-refractivity contribution in [1.29, 1.82) is 0 Å². The van der Waals surface area contributed by atoms with E-state index in [1.165, 1.54) is 16.5 Å². The quantitative estimate of drug-likeness (QED) is 0.572. The van der Waals surface area contributed by atoms with Gasteiger partial charge in [0.2, 0.25) is 0 Å². The van der Waals surface area contributed by atoms with Crippen molar-refractivity contribution < 1.29 is 0 Å². The van der Waals surface area contributed by atoms with Gasteiger partial charge in [-0.1, -0.05) is 54.1 Å². The summed E-state index contributed by atoms with van der Waals surface area (Å²) in [6.07, 6.45) is 6.16. The number of anilines is 1. The number of hydrogen-bond acceptors (Lipinski definition) is 4. The van der Waals surface area contributed by atoms with E-state index < -0.39 is 0 Å². The lowest BCUT2D eigenvalue weighted by molar-refractivity contribution is 0.284. The maximum Gasteiger partial charge on any atom is 0.156 e. The Hall–Kier alpha value is -3.18. The molecule has 0 atom stereocenters. The van der Waals surface area contributed by atoms with E-state index in [-0.39, 0.29) is 0 Å². The zero-order chi connectivity index (χ0) is 19.6. The van der Waals surface area contributed by atoms with Crippen molar-refractivity contribution in [2.75, 3.05) is 37.6 Å². The lowest BCUT2D eigenvalue weighted by atomic mass is 10.1. The van der Waals surface area contributed by atoms with Gasteiger partial charge < -0.3 is 9.88 Å². The van der Waals surface area contributed by atoms with E-state index in [1.54, 1.807) is 6.33 Å². The highest BCUT2D eigenvalue weighted by molar-refractivity contribution is 6.08. The molecule has 1 fully saturated rings. The summed E-state index contributed by atoms with van der Waals surface area (Å²) in [5.74, 6) is 1.02. The Morgan fingerprint density at radius 1 is 1.00 bits per heavy atom. The maximum atomic E-state index is 4.63. The molecule has 2 aromatic carbocycles. The van der Waals surface area contributed by atoms with Crippen LogP contribution in [0.4, 0.5) is 5.82 Å². The molecular weight excluding hydrogens is 358 g/mol. The lowest BCUT2D eigenvalue weighted by Crippen LogP contribution is -2.46. The van der Waals surface area contributed by atoms with Gasteiger partial charge in [0.15, 0.2) is 5.82 Å². The molecule has 0 aliphatic carbocycles. The van der Waals surface area contributed by atoms with Gasteiger partial charge in [0, 0.05) is 43.6 Å². The SMILES string of the molecule is Cc1ccc2[nH]c3c(N4CCN(C/C=C/c5ccccc5)CC4)ncnc3c2c1. The average molecular weight is 383 g/mol. The first kappa shape index (κ1) is 17.9. The second kappa shape index (κ2) is 7.68. The molecule has 146 valence electrons. The molecular formula is C24H25N5. The van der Waals surface area contributed by atoms with Crippen molar-refractivity contribution in [2.45, 2.75) is 6.92 Å². The number of nitrogens with one attached hydrogen (secondary N) is 1. The van der Waals surface area contributed by atoms with Crippen LogP contribution in [0.1, 0.15) is 11.1 Å². The minimum Gasteiger partial charge on any atom is -0.352 e. The fraction of sp³-hybridized carbons (Fsp3) is 0.250. The average Bonchev–Trinajstić information content (AvgIpc) is 3.13. The third kappa shape index (κ3) is 3.61. The summed E-state index contributed by atoms with van der Waals surface area (Å²) in [7, 11) is 0. The topological polar surface area (TPSA) is 48.1 Å². The molecule has 0 bridgehead atoms. The van der Waals surface area contributed by atoms with Crippen LogP contribution in [0.2, 0.25) is 0 Å². The number of aromatic nitrogens is 3. The first-order chi connectivity index (χ1) is 14.3. The predicted molar refractivity (Wildman–Crippen MR) is 120 cm³/mol. The van der Waals surface area contributed by atoms with E-state index in [0.717, 1.165) is 55.1 Å². The molecule has 1 N–H and O–H groups in total. The molecule has 0 amide bonds. The van der Waals surface area contributed by atoms with Crippen LogP contribution < -0.4 is 4.90 Å². The number of aromatic amines is 1. The van der Waals surface area contributed by atoms with Gasteiger partial charge in [0.05, 0.1) is 0 Å². The van der Waals surface area contributed by atoms with Crippen LogP contribution in [0.5, 0.6) is 0 Å². The molecule has 0 radical (unpaired) electrons. The van der Waals surface area contributed by atoms with Crippen molar-refractivity contribution in [3.05, 3.63) is 72.1 Å². The van der Waals surface area contributed by atoms with E-state index in [2.05, 4.69) is 92.4 Å². The largest absolute Gasteiger partial charge is 0.352 e. The second-order valence-electron chi connectivity index (χ2n) is 7.70. The van der Waals surface area contributed by atoms with Gasteiger partial charge in [-0.15, -0.1) is 0 Å². The lowest BCUT2D eigenvalue weighted by Gasteiger charge is -2.34. The number of nitrogens with zero attached hydrogens (tertiary/aromatic N) is 4. The minimum atomic E-state index is 0.972. The molecule has 0 unspecified atom stereocenters. The Morgan fingerprint density at radius 3 is 2.66 bits per heavy atom. The predicted octanol–water partition coefficient (Wildman–Crippen LogP) is 4.25. The number of benzene rings is 2. The van der Waals surface area contributed by atoms with Gasteiger partial charge in [-0.25, -0.2) is 9.97 Å². The van der Waals surface area contributed by atoms with E-state index in [0.29, 0.717) is 0 Å². The summed E-state index contributed by atoms with van der Waals surface area (Å²) in [4.78, 5) is 17.6. The Bertz CT molecular complexity index is 1150. The number of rotatable bonds is 4. The van der Waals surface area contributed by atoms with Gasteiger partial charge in [-0.2, -0.15) is 0 Å². The third-order valence-corrected chi connectivity index (χ3v) is 5.66. The second-order valence-corrected chi connectivity index (χ2v) is 7.70. The Morgan fingerprint density at radius 2 is 1.83 bits per heavy atom. The first-order valence-electron chi connectivity index (χ1n) is 10.2. The summed E-state index contributed by atoms with van der Waals surface area (Å²) < 4.78 is 0. The first-order valence-corrected chi connectivity index (χ1v) is 10.2. The number of fused-ring (bicyclic) bond motifs is 3. The standard InChI is InChI=1S/C24H25N5/c1-18-9-10-21-20(16-18)22-23(27-21)24(26-17-25-22)29-14-12-28(13-15-29)11-5-8-19-6-3-2-4-7-19/h2-10,16-17,27H,11-15H2,1H3/b8-5+. The highest BCUT2D eigenvalue weighted by Crippen LogP contribution is 2.30. The van der Waals surface area contributed by atoms with Gasteiger partial charge in [-0.05, 0) is 24.6 Å². The molecule has 1 saturated heterocycles. The van der Waals surface area contributed by atoms with Crippen molar-refractivity contribution in [1.82, 2.24) is 19.9 Å². The highest BCUT2D eigenvalue weighted by Gasteiger charge is 2.21. The van der Waals surface area contributed by atoms with E-state index >= 15 is 0 Å². The van der Waals surface area contributed by atoms with Crippen molar-refractivity contribution in [2.24, 2.45) is 0 Å². The van der Waals surface area contributed by atoms with E-state index in [1.807, 2.05) is 0 Å². The zero-order valence-electron chi connectivity index (χ0n) is 16.7. The van der Waals surface area contributed by atoms with Gasteiger partial charge in [-0.3, -0.25) is 4.90 Å². The van der Waals surface area contributed by atoms with Crippen LogP contribution in [0.3, 0.4) is 0 Å². The van der Waals surface area contributed by atoms with Crippen LogP contribution in [-0.4, -0.2) is 52.6 Å². The summed E-state index contributed by atoms with van der Waals surface area (Å²) in [5.41, 5.74) is 5.68. The fourth-order valence-electron chi connectivity index (χ4n) is 4.08. The summed E-state index contributed by atoms with van der Waals surface area (Å²) in [6.45, 7) is 7.10. The molecule has 5 nitrogen and oxygen atoms in total. The fourth-order valence-corrected chi connectivity index (χ4v) is 4.08. The molecule has 0 spiro atoms. The van der Waals surface area contributed by atoms with Crippen LogP contribution in [0.25, 0.3) is 28.0 Å². The smallest absolute Gasteiger partial charge is 0.156 e. The molecule has 5 heteroatoms.